The average Bonchev–Trinajstić information content (AvgIpc) is 3.27. The van der Waals surface area contributed by atoms with Gasteiger partial charge in [-0.3, -0.25) is 10.3 Å². The second kappa shape index (κ2) is 6.49. The molecule has 6 heteroatoms. The van der Waals surface area contributed by atoms with E-state index in [9.17, 15) is 4.79 Å². The first-order valence-electron chi connectivity index (χ1n) is 7.89. The minimum absolute atomic E-state index is 0.00769. The first-order valence-corrected chi connectivity index (χ1v) is 8.77. The van der Waals surface area contributed by atoms with E-state index in [1.807, 2.05) is 47.8 Å². The van der Waals surface area contributed by atoms with Crippen molar-refractivity contribution in [1.82, 2.24) is 9.88 Å². The number of aromatic nitrogens is 1. The largest absolute Gasteiger partial charge is 0.486 e. The number of carbonyl (C=O) groups excluding carboxylic acids is 1. The minimum atomic E-state index is -0.0698. The molecule has 0 saturated carbocycles. The van der Waals surface area contributed by atoms with Crippen LogP contribution in [0.5, 0.6) is 5.75 Å². The zero-order valence-corrected chi connectivity index (χ0v) is 13.8. The standard InChI is InChI=1S/C18H17N3O2S/c22-18(20-16-7-3-11-24-16)21-10-8-14(12-21)23-15-6-1-4-13-5-2-9-19-17(13)15/h1-7,9,11,14H,8,10,12H2,(H,20,22). The SMILES string of the molecule is O=C(Nc1cccs1)N1CCC(Oc2cccc3cccnc23)C1. The lowest BCUT2D eigenvalue weighted by Crippen LogP contribution is -2.34. The van der Waals surface area contributed by atoms with E-state index in [0.29, 0.717) is 13.1 Å². The zero-order chi connectivity index (χ0) is 16.4. The Hall–Kier alpha value is -2.60. The second-order valence-corrected chi connectivity index (χ2v) is 6.66. The van der Waals surface area contributed by atoms with Crippen LogP contribution in [0.15, 0.2) is 54.0 Å². The molecule has 1 aliphatic rings. The molecule has 1 unspecified atom stereocenters. The number of rotatable bonds is 3. The van der Waals surface area contributed by atoms with E-state index in [4.69, 9.17) is 4.74 Å². The minimum Gasteiger partial charge on any atom is -0.486 e. The molecule has 1 atom stereocenters. The van der Waals surface area contributed by atoms with Crippen LogP contribution in [0.1, 0.15) is 6.42 Å². The van der Waals surface area contributed by atoms with Gasteiger partial charge in [0.2, 0.25) is 0 Å². The molecule has 1 N–H and O–H groups in total. The molecule has 1 aromatic carbocycles. The third-order valence-electron chi connectivity index (χ3n) is 4.07. The van der Waals surface area contributed by atoms with Crippen LogP contribution in [0.2, 0.25) is 0 Å². The summed E-state index contributed by atoms with van der Waals surface area (Å²) in [5.41, 5.74) is 0.862. The highest BCUT2D eigenvalue weighted by Gasteiger charge is 2.28. The third kappa shape index (κ3) is 3.05. The number of likely N-dealkylation sites (tertiary alicyclic amines) is 1. The van der Waals surface area contributed by atoms with Crippen LogP contribution in [0, 0.1) is 0 Å². The lowest BCUT2D eigenvalue weighted by molar-refractivity contribution is 0.196. The summed E-state index contributed by atoms with van der Waals surface area (Å²) in [6, 6.07) is 13.6. The van der Waals surface area contributed by atoms with Gasteiger partial charge in [-0.25, -0.2) is 4.79 Å². The molecular formula is C18H17N3O2S. The Kier molecular flexibility index (Phi) is 4.04. The molecule has 122 valence electrons. The number of hydrogen-bond donors (Lipinski definition) is 1. The number of thiophene rings is 1. The van der Waals surface area contributed by atoms with Gasteiger partial charge in [-0.2, -0.15) is 0 Å². The van der Waals surface area contributed by atoms with Gasteiger partial charge >= 0.3 is 6.03 Å². The first-order chi connectivity index (χ1) is 11.8. The molecule has 2 aromatic heterocycles. The smallest absolute Gasteiger partial charge is 0.322 e. The van der Waals surface area contributed by atoms with Crippen molar-refractivity contribution in [2.75, 3.05) is 18.4 Å². The first kappa shape index (κ1) is 15.0. The number of para-hydroxylation sites is 1. The fourth-order valence-corrected chi connectivity index (χ4v) is 3.50. The lowest BCUT2D eigenvalue weighted by Gasteiger charge is -2.18. The Morgan fingerprint density at radius 1 is 1.25 bits per heavy atom. The third-order valence-corrected chi connectivity index (χ3v) is 4.86. The van der Waals surface area contributed by atoms with E-state index >= 15 is 0 Å². The molecule has 2 amide bonds. The predicted octanol–water partition coefficient (Wildman–Crippen LogP) is 3.98. The topological polar surface area (TPSA) is 54.5 Å². The summed E-state index contributed by atoms with van der Waals surface area (Å²) in [5.74, 6) is 0.776. The van der Waals surface area contributed by atoms with Gasteiger partial charge in [0.25, 0.3) is 0 Å². The van der Waals surface area contributed by atoms with Crippen LogP contribution in [-0.2, 0) is 0 Å². The molecule has 24 heavy (non-hydrogen) atoms. The molecule has 1 fully saturated rings. The van der Waals surface area contributed by atoms with Crippen molar-refractivity contribution in [1.29, 1.82) is 0 Å². The van der Waals surface area contributed by atoms with Gasteiger partial charge < -0.3 is 9.64 Å². The summed E-state index contributed by atoms with van der Waals surface area (Å²) in [5, 5.41) is 6.78. The van der Waals surface area contributed by atoms with E-state index in [1.165, 1.54) is 11.3 Å². The van der Waals surface area contributed by atoms with Crippen LogP contribution in [-0.4, -0.2) is 35.1 Å². The Bertz CT molecular complexity index is 845. The van der Waals surface area contributed by atoms with E-state index in [0.717, 1.165) is 28.1 Å². The highest BCUT2D eigenvalue weighted by Crippen LogP contribution is 2.26. The second-order valence-electron chi connectivity index (χ2n) is 5.71. The molecule has 1 saturated heterocycles. The quantitative estimate of drug-likeness (QED) is 0.785. The van der Waals surface area contributed by atoms with Crippen LogP contribution in [0.4, 0.5) is 9.80 Å². The Balaban J connectivity index is 1.42. The van der Waals surface area contributed by atoms with Crippen molar-refractivity contribution in [3.8, 4) is 5.75 Å². The molecule has 3 aromatic rings. The maximum Gasteiger partial charge on any atom is 0.322 e. The van der Waals surface area contributed by atoms with Crippen molar-refractivity contribution in [2.45, 2.75) is 12.5 Å². The Labute approximate surface area is 143 Å². The Morgan fingerprint density at radius 3 is 3.04 bits per heavy atom. The number of fused-ring (bicyclic) bond motifs is 1. The maximum atomic E-state index is 12.3. The molecular weight excluding hydrogens is 322 g/mol. The van der Waals surface area contributed by atoms with Crippen LogP contribution >= 0.6 is 11.3 Å². The molecule has 0 bridgehead atoms. The number of nitrogens with zero attached hydrogens (tertiary/aromatic N) is 2. The van der Waals surface area contributed by atoms with Crippen LogP contribution in [0.3, 0.4) is 0 Å². The number of carbonyl (C=O) groups is 1. The van der Waals surface area contributed by atoms with Gasteiger partial charge in [-0.15, -0.1) is 11.3 Å². The summed E-state index contributed by atoms with van der Waals surface area (Å²) >= 11 is 1.52. The summed E-state index contributed by atoms with van der Waals surface area (Å²) in [4.78, 5) is 18.5. The van der Waals surface area contributed by atoms with Crippen LogP contribution < -0.4 is 10.1 Å². The molecule has 5 nitrogen and oxygen atoms in total. The fraction of sp³-hybridized carbons (Fsp3) is 0.222. The number of amides is 2. The van der Waals surface area contributed by atoms with Gasteiger partial charge in [0.05, 0.1) is 11.5 Å². The number of urea groups is 1. The molecule has 0 aliphatic carbocycles. The number of ether oxygens (including phenoxy) is 1. The maximum absolute atomic E-state index is 12.3. The summed E-state index contributed by atoms with van der Waals surface area (Å²) in [7, 11) is 0. The highest BCUT2D eigenvalue weighted by molar-refractivity contribution is 7.14. The normalized spacial score (nSPS) is 17.2. The monoisotopic (exact) mass is 339 g/mol. The molecule has 4 rings (SSSR count). The van der Waals surface area contributed by atoms with E-state index in [-0.39, 0.29) is 12.1 Å². The average molecular weight is 339 g/mol. The van der Waals surface area contributed by atoms with Gasteiger partial charge in [-0.1, -0.05) is 18.2 Å². The fourth-order valence-electron chi connectivity index (χ4n) is 2.89. The number of benzene rings is 1. The van der Waals surface area contributed by atoms with Crippen molar-refractivity contribution in [3.05, 3.63) is 54.0 Å². The number of nitrogens with one attached hydrogen (secondary N) is 1. The van der Waals surface area contributed by atoms with Crippen molar-refractivity contribution in [2.24, 2.45) is 0 Å². The van der Waals surface area contributed by atoms with Gasteiger partial charge in [0.1, 0.15) is 17.4 Å². The molecule has 3 heterocycles. The van der Waals surface area contributed by atoms with Gasteiger partial charge in [0.15, 0.2) is 0 Å². The lowest BCUT2D eigenvalue weighted by atomic mass is 10.2. The predicted molar refractivity (Wildman–Crippen MR) is 95.7 cm³/mol. The van der Waals surface area contributed by atoms with Gasteiger partial charge in [0, 0.05) is 24.5 Å². The van der Waals surface area contributed by atoms with E-state index in [1.54, 1.807) is 11.1 Å². The molecule has 0 radical (unpaired) electrons. The van der Waals surface area contributed by atoms with Crippen molar-refractivity contribution >= 4 is 33.3 Å². The van der Waals surface area contributed by atoms with Crippen molar-refractivity contribution in [3.63, 3.8) is 0 Å². The van der Waals surface area contributed by atoms with Gasteiger partial charge in [-0.05, 0) is 29.6 Å². The van der Waals surface area contributed by atoms with Crippen LogP contribution in [0.25, 0.3) is 10.9 Å². The summed E-state index contributed by atoms with van der Waals surface area (Å²) in [6.07, 6.45) is 2.58. The molecule has 1 aliphatic heterocycles. The number of anilines is 1. The molecule has 0 spiro atoms. The zero-order valence-electron chi connectivity index (χ0n) is 13.0. The summed E-state index contributed by atoms with van der Waals surface area (Å²) < 4.78 is 6.12. The number of hydrogen-bond acceptors (Lipinski definition) is 4. The summed E-state index contributed by atoms with van der Waals surface area (Å²) in [6.45, 7) is 1.28. The Morgan fingerprint density at radius 2 is 2.17 bits per heavy atom. The van der Waals surface area contributed by atoms with E-state index < -0.39 is 0 Å². The van der Waals surface area contributed by atoms with Crippen molar-refractivity contribution < 1.29 is 9.53 Å². The highest BCUT2D eigenvalue weighted by atomic mass is 32.1. The number of pyridine rings is 1. The van der Waals surface area contributed by atoms with E-state index in [2.05, 4.69) is 10.3 Å².